The van der Waals surface area contributed by atoms with Crippen LogP contribution in [0.5, 0.6) is 0 Å². The summed E-state index contributed by atoms with van der Waals surface area (Å²) < 4.78 is 31.4. The van der Waals surface area contributed by atoms with Gasteiger partial charge in [0.15, 0.2) is 11.1 Å². The minimum absolute atomic E-state index is 0.101. The van der Waals surface area contributed by atoms with Crippen LogP contribution in [0.25, 0.3) is 0 Å². The number of methoxy groups -OCH3 is 1. The summed E-state index contributed by atoms with van der Waals surface area (Å²) in [6.45, 7) is 0. The molecule has 2 aliphatic heterocycles. The van der Waals surface area contributed by atoms with Crippen LogP contribution in [-0.4, -0.2) is 37.7 Å². The summed E-state index contributed by atoms with van der Waals surface area (Å²) in [5, 5.41) is 3.82. The van der Waals surface area contributed by atoms with Crippen LogP contribution in [0, 0.1) is 5.92 Å². The Morgan fingerprint density at radius 3 is 2.36 bits per heavy atom. The second-order valence-corrected chi connectivity index (χ2v) is 8.31. The van der Waals surface area contributed by atoms with E-state index in [2.05, 4.69) is 5.16 Å². The number of benzene rings is 2. The summed E-state index contributed by atoms with van der Waals surface area (Å²) in [7, 11) is -2.61. The number of amides is 1. The van der Waals surface area contributed by atoms with Crippen molar-refractivity contribution in [3.63, 3.8) is 0 Å². The summed E-state index contributed by atoms with van der Waals surface area (Å²) in [6, 6.07) is 16.6. The van der Waals surface area contributed by atoms with Gasteiger partial charge >= 0.3 is 6.09 Å². The largest absolute Gasteiger partial charge is 0.452 e. The fraction of sp³-hybridized carbons (Fsp3) is 0.200. The van der Waals surface area contributed by atoms with Gasteiger partial charge in [0.25, 0.3) is 0 Å². The number of fused-ring (bicyclic) bond motifs is 1. The Balaban J connectivity index is 1.83. The molecule has 2 aromatic carbocycles. The highest BCUT2D eigenvalue weighted by Gasteiger charge is 2.50. The van der Waals surface area contributed by atoms with E-state index < -0.39 is 34.0 Å². The molecule has 144 valence electrons. The molecule has 3 atom stereocenters. The van der Waals surface area contributed by atoms with Crippen molar-refractivity contribution in [3.8, 4) is 0 Å². The molecular weight excluding hydrogens is 380 g/mol. The number of ether oxygens (including phenoxy) is 1. The number of hydrogen-bond donors (Lipinski definition) is 0. The zero-order chi connectivity index (χ0) is 19.7. The van der Waals surface area contributed by atoms with Gasteiger partial charge in [0, 0.05) is 6.20 Å². The van der Waals surface area contributed by atoms with E-state index in [0.717, 1.165) is 5.56 Å². The molecular formula is C20H18N2O5S. The van der Waals surface area contributed by atoms with E-state index in [4.69, 9.17) is 9.57 Å². The van der Waals surface area contributed by atoms with E-state index in [1.165, 1.54) is 24.1 Å². The topological polar surface area (TPSA) is 85.3 Å². The van der Waals surface area contributed by atoms with Gasteiger partial charge in [-0.15, -0.1) is 0 Å². The first kappa shape index (κ1) is 18.2. The summed E-state index contributed by atoms with van der Waals surface area (Å²) >= 11 is 0. The van der Waals surface area contributed by atoms with E-state index in [1.54, 1.807) is 30.5 Å². The molecule has 4 rings (SSSR count). The number of nitrogens with zero attached hydrogens (tertiary/aromatic N) is 2. The van der Waals surface area contributed by atoms with Crippen molar-refractivity contribution in [2.24, 2.45) is 11.1 Å². The molecule has 0 unspecified atom stereocenters. The van der Waals surface area contributed by atoms with Crippen molar-refractivity contribution in [1.82, 2.24) is 4.90 Å². The van der Waals surface area contributed by atoms with Crippen LogP contribution in [0.1, 0.15) is 11.6 Å². The van der Waals surface area contributed by atoms with Gasteiger partial charge in [0.05, 0.1) is 24.0 Å². The quantitative estimate of drug-likeness (QED) is 0.776. The van der Waals surface area contributed by atoms with Gasteiger partial charge in [-0.1, -0.05) is 53.7 Å². The smallest absolute Gasteiger partial charge is 0.414 e. The molecule has 8 heteroatoms. The maximum Gasteiger partial charge on any atom is 0.414 e. The highest BCUT2D eigenvalue weighted by Crippen LogP contribution is 2.42. The first-order valence-corrected chi connectivity index (χ1v) is 10.2. The first-order valence-electron chi connectivity index (χ1n) is 8.67. The van der Waals surface area contributed by atoms with Crippen molar-refractivity contribution < 1.29 is 22.8 Å². The van der Waals surface area contributed by atoms with Crippen LogP contribution in [-0.2, 0) is 19.4 Å². The van der Waals surface area contributed by atoms with Crippen molar-refractivity contribution in [1.29, 1.82) is 0 Å². The van der Waals surface area contributed by atoms with Gasteiger partial charge in [-0.05, 0) is 23.8 Å². The minimum atomic E-state index is -3.89. The maximum absolute atomic E-state index is 13.2. The number of carbonyl (C=O) groups excluding carboxylic acids is 1. The molecule has 28 heavy (non-hydrogen) atoms. The molecule has 0 aliphatic carbocycles. The molecule has 1 amide bonds. The molecule has 0 N–H and O–H groups in total. The fourth-order valence-electron chi connectivity index (χ4n) is 3.54. The second kappa shape index (κ2) is 7.12. The lowest BCUT2D eigenvalue weighted by atomic mass is 9.86. The Hall–Kier alpha value is -3.13. The highest BCUT2D eigenvalue weighted by molar-refractivity contribution is 8.06. The molecule has 0 aromatic heterocycles. The molecule has 2 aliphatic rings. The minimum Gasteiger partial charge on any atom is -0.452 e. The zero-order valence-electron chi connectivity index (χ0n) is 15.0. The molecule has 0 radical (unpaired) electrons. The zero-order valence-corrected chi connectivity index (χ0v) is 15.8. The fourth-order valence-corrected chi connectivity index (χ4v) is 5.06. The Morgan fingerprint density at radius 1 is 1.07 bits per heavy atom. The lowest BCUT2D eigenvalue weighted by Gasteiger charge is -2.37. The van der Waals surface area contributed by atoms with E-state index in [-0.39, 0.29) is 9.94 Å². The van der Waals surface area contributed by atoms with Crippen LogP contribution >= 0.6 is 0 Å². The molecule has 7 nitrogen and oxygen atoms in total. The Labute approximate surface area is 162 Å². The number of hydrogen-bond acceptors (Lipinski definition) is 6. The lowest BCUT2D eigenvalue weighted by molar-refractivity contribution is 0.0531. The van der Waals surface area contributed by atoms with E-state index in [9.17, 15) is 13.2 Å². The van der Waals surface area contributed by atoms with Crippen molar-refractivity contribution >= 4 is 21.0 Å². The number of rotatable bonds is 2. The number of sulfone groups is 1. The van der Waals surface area contributed by atoms with Crippen LogP contribution in [0.3, 0.4) is 0 Å². The van der Waals surface area contributed by atoms with Crippen molar-refractivity contribution in [2.45, 2.75) is 17.0 Å². The number of carbonyl (C=O) groups is 1. The molecule has 0 saturated carbocycles. The summed E-state index contributed by atoms with van der Waals surface area (Å²) in [5.74, 6) is -0.697. The average Bonchev–Trinajstić information content (AvgIpc) is 3.18. The molecule has 0 spiro atoms. The van der Waals surface area contributed by atoms with Gasteiger partial charge < -0.3 is 9.57 Å². The van der Waals surface area contributed by atoms with Crippen LogP contribution in [0.2, 0.25) is 0 Å². The van der Waals surface area contributed by atoms with E-state index in [0.29, 0.717) is 0 Å². The van der Waals surface area contributed by atoms with Crippen LogP contribution in [0.15, 0.2) is 83.0 Å². The van der Waals surface area contributed by atoms with Gasteiger partial charge in [-0.2, -0.15) is 0 Å². The van der Waals surface area contributed by atoms with E-state index in [1.807, 2.05) is 30.3 Å². The van der Waals surface area contributed by atoms with Crippen molar-refractivity contribution in [2.75, 3.05) is 7.11 Å². The summed E-state index contributed by atoms with van der Waals surface area (Å²) in [5.41, 5.74) is 0.758. The predicted octanol–water partition coefficient (Wildman–Crippen LogP) is 3.13. The Kier molecular flexibility index (Phi) is 4.64. The van der Waals surface area contributed by atoms with Crippen LogP contribution < -0.4 is 0 Å². The van der Waals surface area contributed by atoms with Gasteiger partial charge in [-0.25, -0.2) is 13.2 Å². The summed E-state index contributed by atoms with van der Waals surface area (Å²) in [4.78, 5) is 19.3. The first-order chi connectivity index (χ1) is 13.5. The monoisotopic (exact) mass is 398 g/mol. The third-order valence-electron chi connectivity index (χ3n) is 4.84. The normalized spacial score (nSPS) is 23.5. The third-order valence-corrected chi connectivity index (χ3v) is 6.63. The highest BCUT2D eigenvalue weighted by atomic mass is 32.2. The average molecular weight is 398 g/mol. The molecule has 2 heterocycles. The standard InChI is InChI=1S/C20H18N2O5S/c1-26-20(23)22-13-12-16-17(18(22)14-8-4-2-5-9-14)19(21-27-16)28(24,25)15-10-6-3-7-11-15/h2-13,16-18H,1H3/t16-,17-,18+/m1/s1. The number of oxime groups is 1. The molecule has 0 fully saturated rings. The Morgan fingerprint density at radius 2 is 1.71 bits per heavy atom. The van der Waals surface area contributed by atoms with Gasteiger partial charge in [0.1, 0.15) is 0 Å². The Bertz CT molecular complexity index is 1030. The van der Waals surface area contributed by atoms with Crippen molar-refractivity contribution in [3.05, 3.63) is 78.5 Å². The van der Waals surface area contributed by atoms with E-state index >= 15 is 0 Å². The third kappa shape index (κ3) is 2.95. The van der Waals surface area contributed by atoms with Gasteiger partial charge in [-0.3, -0.25) is 4.90 Å². The molecule has 0 saturated heterocycles. The molecule has 0 bridgehead atoms. The SMILES string of the molecule is COC(=O)N1C=C[C@H]2ON=C(S(=O)(=O)c3ccccc3)[C@H]2[C@@H]1c1ccccc1. The maximum atomic E-state index is 13.2. The molecule has 2 aromatic rings. The van der Waals surface area contributed by atoms with Crippen LogP contribution in [0.4, 0.5) is 4.79 Å². The lowest BCUT2D eigenvalue weighted by Crippen LogP contribution is -2.45. The predicted molar refractivity (Wildman–Crippen MR) is 102 cm³/mol. The summed E-state index contributed by atoms with van der Waals surface area (Å²) in [6.07, 6.45) is 1.99. The second-order valence-electron chi connectivity index (χ2n) is 6.42. The van der Waals surface area contributed by atoms with Gasteiger partial charge in [0.2, 0.25) is 9.84 Å².